The average Bonchev–Trinajstić information content (AvgIpc) is 2.67. The number of carbonyl (C=O) groups is 1. The lowest BCUT2D eigenvalue weighted by Gasteiger charge is -2.30. The van der Waals surface area contributed by atoms with Crippen LogP contribution < -0.4 is 21.3 Å². The zero-order valence-electron chi connectivity index (χ0n) is 15.9. The van der Waals surface area contributed by atoms with Crippen LogP contribution in [-0.2, 0) is 11.3 Å². The molecule has 0 aliphatic rings. The van der Waals surface area contributed by atoms with Crippen molar-refractivity contribution in [3.05, 3.63) is 62.9 Å². The van der Waals surface area contributed by atoms with E-state index in [1.807, 2.05) is 24.3 Å². The summed E-state index contributed by atoms with van der Waals surface area (Å²) in [4.78, 5) is 39.5. The van der Waals surface area contributed by atoms with Crippen LogP contribution in [-0.4, -0.2) is 47.1 Å². The van der Waals surface area contributed by atoms with Gasteiger partial charge in [0.25, 0.3) is 5.56 Å². The first-order chi connectivity index (χ1) is 13.0. The number of aromatic amines is 1. The number of rotatable bonds is 9. The van der Waals surface area contributed by atoms with E-state index in [1.54, 1.807) is 7.11 Å². The van der Waals surface area contributed by atoms with Crippen molar-refractivity contribution >= 4 is 5.91 Å². The van der Waals surface area contributed by atoms with Gasteiger partial charge in [0, 0.05) is 18.8 Å². The van der Waals surface area contributed by atoms with E-state index in [2.05, 4.69) is 29.0 Å². The highest BCUT2D eigenvalue weighted by Crippen LogP contribution is 2.23. The maximum atomic E-state index is 12.3. The topological polar surface area (TPSA) is 96.4 Å². The maximum Gasteiger partial charge on any atom is 0.328 e. The van der Waals surface area contributed by atoms with Gasteiger partial charge in [-0.3, -0.25) is 24.0 Å². The van der Waals surface area contributed by atoms with Crippen LogP contribution in [0.5, 0.6) is 5.75 Å². The molecular weight excluding hydrogens is 348 g/mol. The van der Waals surface area contributed by atoms with Gasteiger partial charge in [0.05, 0.1) is 13.2 Å². The summed E-state index contributed by atoms with van der Waals surface area (Å²) in [6.07, 6.45) is 1.31. The van der Waals surface area contributed by atoms with E-state index in [0.29, 0.717) is 6.54 Å². The number of methoxy groups -OCH3 is 1. The van der Waals surface area contributed by atoms with Gasteiger partial charge in [-0.2, -0.15) is 0 Å². The number of nitrogens with one attached hydrogen (secondary N) is 2. The van der Waals surface area contributed by atoms with Crippen molar-refractivity contribution < 1.29 is 9.53 Å². The van der Waals surface area contributed by atoms with Gasteiger partial charge in [-0.05, 0) is 30.8 Å². The van der Waals surface area contributed by atoms with Crippen molar-refractivity contribution in [2.75, 3.05) is 26.7 Å². The first kappa shape index (κ1) is 20.4. The number of likely N-dealkylation sites (N-methyl/N-ethyl adjacent to an activating group) is 1. The minimum absolute atomic E-state index is 0.0219. The molecule has 146 valence electrons. The smallest absolute Gasteiger partial charge is 0.328 e. The second kappa shape index (κ2) is 9.72. The van der Waals surface area contributed by atoms with Crippen LogP contribution in [0.1, 0.15) is 25.5 Å². The molecule has 27 heavy (non-hydrogen) atoms. The number of amides is 1. The molecule has 1 aromatic heterocycles. The molecule has 8 nitrogen and oxygen atoms in total. The largest absolute Gasteiger partial charge is 0.497 e. The highest BCUT2D eigenvalue weighted by atomic mass is 16.5. The summed E-state index contributed by atoms with van der Waals surface area (Å²) in [5.74, 6) is 0.458. The van der Waals surface area contributed by atoms with Crippen molar-refractivity contribution in [1.82, 2.24) is 19.8 Å². The lowest BCUT2D eigenvalue weighted by Crippen LogP contribution is -2.40. The lowest BCUT2D eigenvalue weighted by molar-refractivity contribution is -0.122. The van der Waals surface area contributed by atoms with Crippen LogP contribution in [0.2, 0.25) is 0 Å². The molecule has 1 amide bonds. The fourth-order valence-electron chi connectivity index (χ4n) is 2.96. The van der Waals surface area contributed by atoms with Crippen LogP contribution >= 0.6 is 0 Å². The van der Waals surface area contributed by atoms with E-state index < -0.39 is 11.2 Å². The van der Waals surface area contributed by atoms with Crippen LogP contribution in [0.3, 0.4) is 0 Å². The van der Waals surface area contributed by atoms with Gasteiger partial charge in [-0.25, -0.2) is 4.79 Å². The molecule has 0 saturated heterocycles. The molecule has 1 aromatic carbocycles. The van der Waals surface area contributed by atoms with Crippen LogP contribution in [0.4, 0.5) is 0 Å². The minimum atomic E-state index is -0.606. The molecule has 2 N–H and O–H groups in total. The fraction of sp³-hybridized carbons (Fsp3) is 0.421. The first-order valence-corrected chi connectivity index (χ1v) is 8.93. The summed E-state index contributed by atoms with van der Waals surface area (Å²) in [7, 11) is 1.62. The molecule has 0 aliphatic carbocycles. The van der Waals surface area contributed by atoms with Crippen LogP contribution in [0.25, 0.3) is 0 Å². The molecule has 0 saturated carbocycles. The normalized spacial score (nSPS) is 12.0. The average molecular weight is 374 g/mol. The number of carbonyl (C=O) groups excluding carboxylic acids is 1. The van der Waals surface area contributed by atoms with E-state index in [9.17, 15) is 14.4 Å². The second-order valence-electron chi connectivity index (χ2n) is 6.06. The van der Waals surface area contributed by atoms with Crippen molar-refractivity contribution in [3.63, 3.8) is 0 Å². The van der Waals surface area contributed by atoms with Gasteiger partial charge >= 0.3 is 5.69 Å². The van der Waals surface area contributed by atoms with Gasteiger partial charge in [0.1, 0.15) is 12.3 Å². The zero-order chi connectivity index (χ0) is 19.8. The Balaban J connectivity index is 2.11. The van der Waals surface area contributed by atoms with Gasteiger partial charge < -0.3 is 10.1 Å². The standard InChI is InChI=1S/C19H26N4O4/c1-4-22(5-2)16(14-7-6-8-15(11-14)27-3)12-20-18(25)13-23-10-9-17(24)21-19(23)26/h6-11,16H,4-5,12-13H2,1-3H3,(H,20,25)(H,21,24,26). The summed E-state index contributed by atoms with van der Waals surface area (Å²) in [5, 5.41) is 2.88. The molecule has 0 spiro atoms. The van der Waals surface area contributed by atoms with Crippen molar-refractivity contribution in [2.45, 2.75) is 26.4 Å². The van der Waals surface area contributed by atoms with E-state index in [0.717, 1.165) is 29.0 Å². The molecule has 1 unspecified atom stereocenters. The van der Waals surface area contributed by atoms with Gasteiger partial charge in [-0.15, -0.1) is 0 Å². The Hall–Kier alpha value is -2.87. The number of H-pyrrole nitrogens is 1. The highest BCUT2D eigenvalue weighted by molar-refractivity contribution is 5.75. The highest BCUT2D eigenvalue weighted by Gasteiger charge is 2.19. The molecule has 1 atom stereocenters. The summed E-state index contributed by atoms with van der Waals surface area (Å²) >= 11 is 0. The quantitative estimate of drug-likeness (QED) is 0.675. The number of hydrogen-bond donors (Lipinski definition) is 2. The number of aromatic nitrogens is 2. The van der Waals surface area contributed by atoms with Crippen molar-refractivity contribution in [2.24, 2.45) is 0 Å². The predicted octanol–water partition coefficient (Wildman–Crippen LogP) is 0.745. The van der Waals surface area contributed by atoms with E-state index in [1.165, 1.54) is 12.3 Å². The summed E-state index contributed by atoms with van der Waals surface area (Å²) in [6.45, 7) is 6.03. The Labute approximate surface area is 157 Å². The predicted molar refractivity (Wildman–Crippen MR) is 103 cm³/mol. The Morgan fingerprint density at radius 1 is 1.26 bits per heavy atom. The minimum Gasteiger partial charge on any atom is -0.497 e. The van der Waals surface area contributed by atoms with E-state index in [4.69, 9.17) is 4.74 Å². The first-order valence-electron chi connectivity index (χ1n) is 8.93. The molecule has 1 heterocycles. The Morgan fingerprint density at radius 3 is 2.63 bits per heavy atom. The lowest BCUT2D eigenvalue weighted by atomic mass is 10.0. The summed E-state index contributed by atoms with van der Waals surface area (Å²) < 4.78 is 6.47. The summed E-state index contributed by atoms with van der Waals surface area (Å²) in [5.41, 5.74) is -0.0541. The number of hydrogen-bond acceptors (Lipinski definition) is 5. The van der Waals surface area contributed by atoms with Crippen LogP contribution in [0.15, 0.2) is 46.1 Å². The zero-order valence-corrected chi connectivity index (χ0v) is 15.9. The van der Waals surface area contributed by atoms with Gasteiger partial charge in [0.2, 0.25) is 5.91 Å². The number of nitrogens with zero attached hydrogens (tertiary/aromatic N) is 2. The molecule has 2 rings (SSSR count). The Bertz CT molecular complexity index is 870. The molecule has 2 aromatic rings. The van der Waals surface area contributed by atoms with Crippen LogP contribution in [0, 0.1) is 0 Å². The van der Waals surface area contributed by atoms with E-state index in [-0.39, 0.29) is 18.5 Å². The maximum absolute atomic E-state index is 12.3. The molecule has 0 bridgehead atoms. The molecular formula is C19H26N4O4. The second-order valence-corrected chi connectivity index (χ2v) is 6.06. The van der Waals surface area contributed by atoms with Crippen molar-refractivity contribution in [1.29, 1.82) is 0 Å². The Kier molecular flexibility index (Phi) is 7.36. The fourth-order valence-corrected chi connectivity index (χ4v) is 2.96. The molecule has 0 fully saturated rings. The monoisotopic (exact) mass is 374 g/mol. The molecule has 0 aliphatic heterocycles. The molecule has 0 radical (unpaired) electrons. The number of ether oxygens (including phenoxy) is 1. The third-order valence-electron chi connectivity index (χ3n) is 4.44. The third kappa shape index (κ3) is 5.55. The Morgan fingerprint density at radius 2 is 2.00 bits per heavy atom. The van der Waals surface area contributed by atoms with Gasteiger partial charge in [0.15, 0.2) is 0 Å². The molecule has 8 heteroatoms. The number of benzene rings is 1. The SMILES string of the molecule is CCN(CC)C(CNC(=O)Cn1ccc(=O)[nH]c1=O)c1cccc(OC)c1. The van der Waals surface area contributed by atoms with Gasteiger partial charge in [-0.1, -0.05) is 26.0 Å². The van der Waals surface area contributed by atoms with Crippen molar-refractivity contribution in [3.8, 4) is 5.75 Å². The van der Waals surface area contributed by atoms with E-state index >= 15 is 0 Å². The summed E-state index contributed by atoms with van der Waals surface area (Å²) in [6, 6.07) is 8.96. The third-order valence-corrected chi connectivity index (χ3v) is 4.44.